The van der Waals surface area contributed by atoms with Gasteiger partial charge in [-0.1, -0.05) is 17.3 Å². The van der Waals surface area contributed by atoms with Gasteiger partial charge in [-0.05, 0) is 100 Å². The molecule has 1 N–H and O–H groups in total. The van der Waals surface area contributed by atoms with Crippen molar-refractivity contribution >= 4 is 17.3 Å². The summed E-state index contributed by atoms with van der Waals surface area (Å²) in [5.74, 6) is -0.0324. The van der Waals surface area contributed by atoms with Crippen molar-refractivity contribution in [1.82, 2.24) is 20.2 Å². The predicted octanol–water partition coefficient (Wildman–Crippen LogP) is 5.45. The lowest BCUT2D eigenvalue weighted by Crippen LogP contribution is -2.48. The van der Waals surface area contributed by atoms with Gasteiger partial charge >= 0.3 is 0 Å². The molecule has 1 saturated heterocycles. The molecule has 0 spiro atoms. The third-order valence-corrected chi connectivity index (χ3v) is 8.32. The lowest BCUT2D eigenvalue weighted by Gasteiger charge is -2.42. The number of anilines is 1. The largest absolute Gasteiger partial charge is 0.399 e. The lowest BCUT2D eigenvalue weighted by atomic mass is 9.98. The molecule has 1 amide bonds. The summed E-state index contributed by atoms with van der Waals surface area (Å²) >= 11 is 0. The number of aryl methyl sites for hydroxylation is 3. The fourth-order valence-electron chi connectivity index (χ4n) is 5.70. The number of carbonyl (C=O) groups excluding carboxylic acids is 1. The van der Waals surface area contributed by atoms with Crippen molar-refractivity contribution < 1.29 is 9.63 Å². The SMILES string of the molecule is CO/N=C(\C)c1ccc(N(Cc2cnccc2C)C2CCN(C(C)CCNC(=O)c3c(C)ccnc3C)CC2)cc1. The molecule has 2 aromatic heterocycles. The van der Waals surface area contributed by atoms with Crippen molar-refractivity contribution in [2.24, 2.45) is 5.16 Å². The summed E-state index contributed by atoms with van der Waals surface area (Å²) in [5.41, 5.74) is 8.06. The maximum absolute atomic E-state index is 12.8. The van der Waals surface area contributed by atoms with E-state index in [1.165, 1.54) is 16.8 Å². The fourth-order valence-corrected chi connectivity index (χ4v) is 5.70. The number of likely N-dealkylation sites (tertiary alicyclic amines) is 1. The molecule has 1 aliphatic rings. The average Bonchev–Trinajstić information content (AvgIpc) is 2.97. The molecule has 3 heterocycles. The summed E-state index contributed by atoms with van der Waals surface area (Å²) in [5, 5.41) is 7.20. The number of oxime groups is 1. The number of pyridine rings is 2. The molecule has 0 aliphatic carbocycles. The van der Waals surface area contributed by atoms with E-state index < -0.39 is 0 Å². The summed E-state index contributed by atoms with van der Waals surface area (Å²) < 4.78 is 0. The first-order chi connectivity index (χ1) is 19.8. The van der Waals surface area contributed by atoms with Crippen molar-refractivity contribution in [2.45, 2.75) is 72.5 Å². The quantitative estimate of drug-likeness (QED) is 0.250. The van der Waals surface area contributed by atoms with E-state index in [-0.39, 0.29) is 5.91 Å². The van der Waals surface area contributed by atoms with E-state index in [4.69, 9.17) is 4.84 Å². The summed E-state index contributed by atoms with van der Waals surface area (Å²) in [7, 11) is 1.57. The lowest BCUT2D eigenvalue weighted by molar-refractivity contribution is 0.0943. The minimum absolute atomic E-state index is 0.0324. The Kier molecular flexibility index (Phi) is 10.5. The molecule has 218 valence electrons. The highest BCUT2D eigenvalue weighted by Gasteiger charge is 2.28. The molecule has 41 heavy (non-hydrogen) atoms. The van der Waals surface area contributed by atoms with E-state index >= 15 is 0 Å². The van der Waals surface area contributed by atoms with Crippen LogP contribution in [0.5, 0.6) is 0 Å². The Balaban J connectivity index is 1.38. The maximum atomic E-state index is 12.8. The molecule has 8 nitrogen and oxygen atoms in total. The van der Waals surface area contributed by atoms with Crippen molar-refractivity contribution in [2.75, 3.05) is 31.6 Å². The first-order valence-electron chi connectivity index (χ1n) is 14.6. The minimum Gasteiger partial charge on any atom is -0.399 e. The van der Waals surface area contributed by atoms with E-state index in [9.17, 15) is 4.79 Å². The Morgan fingerprint density at radius 1 is 1.10 bits per heavy atom. The van der Waals surface area contributed by atoms with Gasteiger partial charge in [0.05, 0.1) is 17.0 Å². The zero-order valence-electron chi connectivity index (χ0n) is 25.4. The topological polar surface area (TPSA) is 83.0 Å². The molecule has 1 atom stereocenters. The second kappa shape index (κ2) is 14.2. The van der Waals surface area contributed by atoms with Crippen LogP contribution in [0.15, 0.2) is 60.1 Å². The number of aromatic nitrogens is 2. The van der Waals surface area contributed by atoms with Gasteiger partial charge < -0.3 is 20.0 Å². The van der Waals surface area contributed by atoms with Crippen LogP contribution in [0.2, 0.25) is 0 Å². The fraction of sp³-hybridized carbons (Fsp3) is 0.455. The van der Waals surface area contributed by atoms with E-state index in [1.807, 2.05) is 39.2 Å². The Morgan fingerprint density at radius 2 is 1.80 bits per heavy atom. The Hall–Kier alpha value is -3.78. The molecule has 0 radical (unpaired) electrons. The van der Waals surface area contributed by atoms with Crippen LogP contribution in [-0.4, -0.2) is 65.3 Å². The summed E-state index contributed by atoms with van der Waals surface area (Å²) in [6.45, 7) is 13.8. The number of nitrogens with zero attached hydrogens (tertiary/aromatic N) is 5. The number of nitrogens with one attached hydrogen (secondary N) is 1. The van der Waals surface area contributed by atoms with E-state index in [0.717, 1.165) is 61.4 Å². The first-order valence-corrected chi connectivity index (χ1v) is 14.6. The number of benzene rings is 1. The van der Waals surface area contributed by atoms with Crippen molar-refractivity contribution in [3.8, 4) is 0 Å². The van der Waals surface area contributed by atoms with Crippen LogP contribution in [0.3, 0.4) is 0 Å². The molecular weight excluding hydrogens is 512 g/mol. The van der Waals surface area contributed by atoms with Crippen LogP contribution in [-0.2, 0) is 11.4 Å². The van der Waals surface area contributed by atoms with Crippen LogP contribution < -0.4 is 10.2 Å². The Morgan fingerprint density at radius 3 is 2.46 bits per heavy atom. The van der Waals surface area contributed by atoms with Crippen molar-refractivity contribution in [1.29, 1.82) is 0 Å². The van der Waals surface area contributed by atoms with Crippen LogP contribution in [0.25, 0.3) is 0 Å². The zero-order chi connectivity index (χ0) is 29.4. The molecule has 0 saturated carbocycles. The second-order valence-corrected chi connectivity index (χ2v) is 11.1. The van der Waals surface area contributed by atoms with Crippen LogP contribution in [0.4, 0.5) is 5.69 Å². The number of rotatable bonds is 11. The van der Waals surface area contributed by atoms with Gasteiger partial charge in [0.2, 0.25) is 0 Å². The summed E-state index contributed by atoms with van der Waals surface area (Å²) in [6.07, 6.45) is 8.67. The minimum atomic E-state index is -0.0324. The van der Waals surface area contributed by atoms with Gasteiger partial charge in [-0.15, -0.1) is 0 Å². The number of hydrogen-bond donors (Lipinski definition) is 1. The number of piperidine rings is 1. The number of carbonyl (C=O) groups is 1. The molecule has 1 aliphatic heterocycles. The van der Waals surface area contributed by atoms with Gasteiger partial charge in [0, 0.05) is 62.5 Å². The summed E-state index contributed by atoms with van der Waals surface area (Å²) in [6, 6.07) is 13.4. The highest BCUT2D eigenvalue weighted by atomic mass is 16.6. The van der Waals surface area contributed by atoms with Gasteiger partial charge in [0.1, 0.15) is 7.11 Å². The molecule has 1 unspecified atom stereocenters. The van der Waals surface area contributed by atoms with Gasteiger partial charge in [0.15, 0.2) is 0 Å². The normalized spacial score (nSPS) is 15.4. The third kappa shape index (κ3) is 7.70. The smallest absolute Gasteiger partial charge is 0.253 e. The Labute approximate surface area is 244 Å². The molecule has 1 aromatic carbocycles. The molecule has 8 heteroatoms. The van der Waals surface area contributed by atoms with Crippen molar-refractivity contribution in [3.05, 3.63) is 88.5 Å². The van der Waals surface area contributed by atoms with Crippen LogP contribution in [0, 0.1) is 20.8 Å². The monoisotopic (exact) mass is 556 g/mol. The highest BCUT2D eigenvalue weighted by molar-refractivity contribution is 5.98. The van der Waals surface area contributed by atoms with Gasteiger partial charge in [-0.25, -0.2) is 0 Å². The third-order valence-electron chi connectivity index (χ3n) is 8.32. The number of hydrogen-bond acceptors (Lipinski definition) is 7. The maximum Gasteiger partial charge on any atom is 0.253 e. The molecule has 0 bridgehead atoms. The van der Waals surface area contributed by atoms with Gasteiger partial charge in [-0.2, -0.15) is 0 Å². The first kappa shape index (κ1) is 30.2. The van der Waals surface area contributed by atoms with Gasteiger partial charge in [0.25, 0.3) is 5.91 Å². The average molecular weight is 557 g/mol. The van der Waals surface area contributed by atoms with Crippen LogP contribution in [0.1, 0.15) is 71.4 Å². The van der Waals surface area contributed by atoms with Crippen molar-refractivity contribution in [3.63, 3.8) is 0 Å². The molecule has 4 rings (SSSR count). The zero-order valence-corrected chi connectivity index (χ0v) is 25.4. The van der Waals surface area contributed by atoms with Crippen LogP contribution >= 0.6 is 0 Å². The summed E-state index contributed by atoms with van der Waals surface area (Å²) in [4.78, 5) is 31.5. The second-order valence-electron chi connectivity index (χ2n) is 11.1. The highest BCUT2D eigenvalue weighted by Crippen LogP contribution is 2.28. The predicted molar refractivity (Wildman–Crippen MR) is 166 cm³/mol. The number of amides is 1. The molecule has 1 fully saturated rings. The van der Waals surface area contributed by atoms with Gasteiger partial charge in [-0.3, -0.25) is 14.8 Å². The molecule has 3 aromatic rings. The van der Waals surface area contributed by atoms with E-state index in [1.54, 1.807) is 13.3 Å². The Bertz CT molecular complexity index is 1310. The van der Waals surface area contributed by atoms with E-state index in [2.05, 4.69) is 74.4 Å². The van der Waals surface area contributed by atoms with E-state index in [0.29, 0.717) is 24.2 Å². The molecular formula is C33H44N6O2. The standard InChI is InChI=1S/C33H44N6O2/c1-23-11-16-34-21-29(23)22-39(30-9-7-28(8-10-30)26(4)37-41-6)31-14-19-38(20-15-31)25(3)13-18-36-33(40)32-24(2)12-17-35-27(32)5/h7-12,16-17,21,25,31H,13-15,18-20,22H2,1-6H3,(H,36,40)/b37-26+.